The van der Waals surface area contributed by atoms with Crippen LogP contribution in [-0.4, -0.2) is 59.9 Å². The molecule has 1 atom stereocenters. The Kier molecular flexibility index (Phi) is 6.18. The van der Waals surface area contributed by atoms with Gasteiger partial charge in [0.2, 0.25) is 0 Å². The summed E-state index contributed by atoms with van der Waals surface area (Å²) >= 11 is 0. The Balaban J connectivity index is 4.87. The van der Waals surface area contributed by atoms with Crippen LogP contribution in [0.4, 0.5) is 17.6 Å². The fourth-order valence-corrected chi connectivity index (χ4v) is 1.89. The molecule has 0 heterocycles. The van der Waals surface area contributed by atoms with Crippen molar-refractivity contribution in [1.82, 2.24) is 4.90 Å². The first-order valence-electron chi connectivity index (χ1n) is 5.50. The van der Waals surface area contributed by atoms with Crippen molar-refractivity contribution in [3.63, 3.8) is 0 Å². The van der Waals surface area contributed by atoms with E-state index in [2.05, 4.69) is 0 Å². The van der Waals surface area contributed by atoms with Crippen molar-refractivity contribution in [2.45, 2.75) is 37.5 Å². The van der Waals surface area contributed by atoms with E-state index < -0.39 is 33.8 Å². The van der Waals surface area contributed by atoms with Crippen molar-refractivity contribution >= 4 is 10.1 Å². The molecule has 116 valence electrons. The molecular formula is C9H16F4NO4S-. The molecule has 5 nitrogen and oxygen atoms in total. The van der Waals surface area contributed by atoms with Crippen LogP contribution in [0.3, 0.4) is 0 Å². The number of hydrogen-bond donors (Lipinski definition) is 1. The first kappa shape index (κ1) is 18.6. The van der Waals surface area contributed by atoms with Crippen LogP contribution in [0.25, 0.3) is 0 Å². The van der Waals surface area contributed by atoms with Gasteiger partial charge >= 0.3 is 11.2 Å². The quantitative estimate of drug-likeness (QED) is 0.531. The van der Waals surface area contributed by atoms with Gasteiger partial charge in [-0.3, -0.25) is 0 Å². The normalized spacial score (nSPS) is 15.8. The maximum atomic E-state index is 13.1. The Morgan fingerprint density at radius 3 is 1.95 bits per heavy atom. The molecule has 0 aromatic carbocycles. The molecular weight excluding hydrogens is 294 g/mol. The third kappa shape index (κ3) is 4.55. The molecule has 10 heteroatoms. The van der Waals surface area contributed by atoms with Crippen molar-refractivity contribution in [1.29, 1.82) is 0 Å². The van der Waals surface area contributed by atoms with E-state index in [9.17, 15) is 35.6 Å². The van der Waals surface area contributed by atoms with Crippen molar-refractivity contribution in [2.24, 2.45) is 0 Å². The van der Waals surface area contributed by atoms with Crippen LogP contribution in [0.5, 0.6) is 0 Å². The molecule has 19 heavy (non-hydrogen) atoms. The van der Waals surface area contributed by atoms with Crippen LogP contribution in [0.15, 0.2) is 0 Å². The molecule has 0 rings (SSSR count). The van der Waals surface area contributed by atoms with E-state index in [4.69, 9.17) is 0 Å². The summed E-state index contributed by atoms with van der Waals surface area (Å²) < 4.78 is 82.2. The molecule has 0 fully saturated rings. The van der Waals surface area contributed by atoms with Gasteiger partial charge < -0.3 is 14.6 Å². The van der Waals surface area contributed by atoms with E-state index in [1.807, 2.05) is 0 Å². The Morgan fingerprint density at radius 1 is 1.21 bits per heavy atom. The van der Waals surface area contributed by atoms with Crippen LogP contribution in [0, 0.1) is 0 Å². The number of nitrogens with zero attached hydrogens (tertiary/aromatic N) is 1. The number of aliphatic hydroxyl groups is 1. The fourth-order valence-electron chi connectivity index (χ4n) is 1.44. The molecule has 0 radical (unpaired) electrons. The van der Waals surface area contributed by atoms with Crippen LogP contribution < -0.4 is 0 Å². The molecule has 1 N–H and O–H groups in total. The summed E-state index contributed by atoms with van der Waals surface area (Å²) in [4.78, 5) is 1.49. The number of aliphatic hydroxyl groups excluding tert-OH is 1. The largest absolute Gasteiger partial charge is 0.743 e. The third-order valence-electron chi connectivity index (χ3n) is 2.60. The minimum absolute atomic E-state index is 0.322. The van der Waals surface area contributed by atoms with Gasteiger partial charge in [0.05, 0.1) is 6.10 Å². The molecule has 0 saturated carbocycles. The third-order valence-corrected chi connectivity index (χ3v) is 3.52. The van der Waals surface area contributed by atoms with Gasteiger partial charge in [0.1, 0.15) is 0 Å². The Labute approximate surface area is 109 Å². The summed E-state index contributed by atoms with van der Waals surface area (Å²) in [5.74, 6) is -5.12. The Hall–Kier alpha value is -0.450. The number of alkyl halides is 4. The highest BCUT2D eigenvalue weighted by Crippen LogP contribution is 2.41. The fraction of sp³-hybridized carbons (Fsp3) is 1.00. The summed E-state index contributed by atoms with van der Waals surface area (Å²) in [6.07, 6.45) is -3.68. The van der Waals surface area contributed by atoms with E-state index in [-0.39, 0.29) is 6.54 Å². The standard InChI is InChI=1S/C9H17F4NO4S/c1-3-14(4-2)6-7(15)5-8(10,11)9(12,13)19(16,17)18/h7,15H,3-6H2,1-2H3,(H,16,17,18)/p-1. The van der Waals surface area contributed by atoms with Gasteiger partial charge in [0, 0.05) is 13.0 Å². The topological polar surface area (TPSA) is 80.7 Å². The van der Waals surface area contributed by atoms with E-state index in [1.54, 1.807) is 13.8 Å². The number of hydrogen-bond acceptors (Lipinski definition) is 5. The zero-order valence-corrected chi connectivity index (χ0v) is 11.3. The van der Waals surface area contributed by atoms with E-state index in [1.165, 1.54) is 4.90 Å². The molecule has 0 aliphatic carbocycles. The minimum atomic E-state index is -6.50. The van der Waals surface area contributed by atoms with E-state index >= 15 is 0 Å². The molecule has 0 spiro atoms. The van der Waals surface area contributed by atoms with Gasteiger partial charge in [-0.25, -0.2) is 8.42 Å². The first-order chi connectivity index (χ1) is 8.39. The monoisotopic (exact) mass is 310 g/mol. The Morgan fingerprint density at radius 2 is 1.63 bits per heavy atom. The summed E-state index contributed by atoms with van der Waals surface area (Å²) in [6, 6.07) is 0. The lowest BCUT2D eigenvalue weighted by molar-refractivity contribution is -0.178. The average Bonchev–Trinajstić information content (AvgIpc) is 2.23. The zero-order valence-electron chi connectivity index (χ0n) is 10.4. The van der Waals surface area contributed by atoms with Gasteiger partial charge in [-0.05, 0) is 13.1 Å². The highest BCUT2D eigenvalue weighted by atomic mass is 32.2. The maximum Gasteiger partial charge on any atom is 0.396 e. The molecule has 0 aliphatic rings. The highest BCUT2D eigenvalue weighted by Gasteiger charge is 2.62. The lowest BCUT2D eigenvalue weighted by atomic mass is 10.1. The van der Waals surface area contributed by atoms with Gasteiger partial charge in [-0.15, -0.1) is 0 Å². The van der Waals surface area contributed by atoms with Crippen molar-refractivity contribution in [3.05, 3.63) is 0 Å². The lowest BCUT2D eigenvalue weighted by Gasteiger charge is -2.31. The minimum Gasteiger partial charge on any atom is -0.743 e. The van der Waals surface area contributed by atoms with Crippen molar-refractivity contribution in [3.8, 4) is 0 Å². The smallest absolute Gasteiger partial charge is 0.396 e. The van der Waals surface area contributed by atoms with Gasteiger partial charge in [-0.2, -0.15) is 17.6 Å². The van der Waals surface area contributed by atoms with Crippen LogP contribution >= 0.6 is 0 Å². The number of likely N-dealkylation sites (N-methyl/N-ethyl adjacent to an activating group) is 1. The summed E-state index contributed by atoms with van der Waals surface area (Å²) in [5, 5.41) is 3.55. The number of halogens is 4. The van der Waals surface area contributed by atoms with Crippen LogP contribution in [-0.2, 0) is 10.1 Å². The molecule has 0 aromatic heterocycles. The van der Waals surface area contributed by atoms with E-state index in [0.29, 0.717) is 13.1 Å². The van der Waals surface area contributed by atoms with Crippen molar-refractivity contribution < 1.29 is 35.6 Å². The van der Waals surface area contributed by atoms with Crippen LogP contribution in [0.1, 0.15) is 20.3 Å². The molecule has 0 bridgehead atoms. The van der Waals surface area contributed by atoms with Gasteiger partial charge in [0.15, 0.2) is 10.1 Å². The first-order valence-corrected chi connectivity index (χ1v) is 6.91. The van der Waals surface area contributed by atoms with Crippen molar-refractivity contribution in [2.75, 3.05) is 19.6 Å². The summed E-state index contributed by atoms with van der Waals surface area (Å²) in [7, 11) is -6.50. The predicted molar refractivity (Wildman–Crippen MR) is 58.0 cm³/mol. The molecule has 1 unspecified atom stereocenters. The maximum absolute atomic E-state index is 13.1. The second-order valence-corrected chi connectivity index (χ2v) is 5.44. The van der Waals surface area contributed by atoms with Crippen LogP contribution in [0.2, 0.25) is 0 Å². The molecule has 0 aliphatic heterocycles. The highest BCUT2D eigenvalue weighted by molar-refractivity contribution is 7.86. The SMILES string of the molecule is CCN(CC)CC(O)CC(F)(F)C(F)(F)S(=O)(=O)[O-]. The molecule has 0 saturated heterocycles. The summed E-state index contributed by atoms with van der Waals surface area (Å²) in [5.41, 5.74) is 0. The summed E-state index contributed by atoms with van der Waals surface area (Å²) in [6.45, 7) is 3.82. The van der Waals surface area contributed by atoms with E-state index in [0.717, 1.165) is 0 Å². The average molecular weight is 310 g/mol. The zero-order chi connectivity index (χ0) is 15.5. The predicted octanol–water partition coefficient (Wildman–Crippen LogP) is 0.852. The van der Waals surface area contributed by atoms with Gasteiger partial charge in [0.25, 0.3) is 0 Å². The Bertz CT molecular complexity index is 384. The second-order valence-electron chi connectivity index (χ2n) is 4.02. The molecule has 0 amide bonds. The van der Waals surface area contributed by atoms with Gasteiger partial charge in [-0.1, -0.05) is 13.8 Å². The lowest BCUT2D eigenvalue weighted by Crippen LogP contribution is -2.49. The second kappa shape index (κ2) is 6.33. The number of rotatable bonds is 8. The molecule has 0 aromatic rings.